The molecule has 1 spiro atoms. The first kappa shape index (κ1) is 18.2. The van der Waals surface area contributed by atoms with Gasteiger partial charge in [0.25, 0.3) is 0 Å². The van der Waals surface area contributed by atoms with Gasteiger partial charge >= 0.3 is 5.97 Å². The molecule has 0 amide bonds. The van der Waals surface area contributed by atoms with E-state index in [1.807, 2.05) is 0 Å². The first-order valence-corrected chi connectivity index (χ1v) is 10.2. The average Bonchev–Trinajstić information content (AvgIpc) is 2.91. The summed E-state index contributed by atoms with van der Waals surface area (Å²) in [6, 6.07) is 13.0. The Morgan fingerprint density at radius 1 is 1.19 bits per heavy atom. The van der Waals surface area contributed by atoms with Gasteiger partial charge in [0.1, 0.15) is 11.4 Å². The fourth-order valence-electron chi connectivity index (χ4n) is 4.12. The fraction of sp³-hybridized carbons (Fsp3) is 0.348. The number of benzene rings is 2. The molecule has 1 atom stereocenters. The zero-order chi connectivity index (χ0) is 19.2. The molecule has 2 aromatic carbocycles. The Balaban J connectivity index is 1.65. The maximum Gasteiger partial charge on any atom is 0.335 e. The van der Waals surface area contributed by atoms with Crippen LogP contribution in [0.1, 0.15) is 54.9 Å². The van der Waals surface area contributed by atoms with Crippen LogP contribution in [0.4, 0.5) is 0 Å². The molecule has 0 aromatic heterocycles. The number of esters is 1. The number of carbonyl (C=O) groups is 1. The predicted molar refractivity (Wildman–Crippen MR) is 107 cm³/mol. The Morgan fingerprint density at radius 2 is 2.00 bits per heavy atom. The van der Waals surface area contributed by atoms with Crippen molar-refractivity contribution in [3.8, 4) is 0 Å². The molecule has 2 aromatic rings. The first-order valence-electron chi connectivity index (χ1n) is 9.41. The van der Waals surface area contributed by atoms with Gasteiger partial charge in [0, 0.05) is 16.2 Å². The standard InChI is InChI=1S/C23H24O3S/c1-14(2)19-6-4-15(3)10-21(19)27-18-5-7-20-16(11-18)8-9-23(20)13-17(24)12-22(25)26-23/h4-7,10-12,14,24H,8-9,13H2,1-3H3. The van der Waals surface area contributed by atoms with E-state index in [2.05, 4.69) is 57.2 Å². The van der Waals surface area contributed by atoms with E-state index in [1.165, 1.54) is 32.6 Å². The van der Waals surface area contributed by atoms with Crippen LogP contribution in [0, 0.1) is 6.92 Å². The van der Waals surface area contributed by atoms with Crippen LogP contribution >= 0.6 is 11.8 Å². The number of aliphatic hydroxyl groups excluding tert-OH is 1. The molecule has 3 nitrogen and oxygen atoms in total. The minimum atomic E-state index is -0.694. The zero-order valence-electron chi connectivity index (χ0n) is 15.9. The number of aryl methyl sites for hydroxylation is 2. The van der Waals surface area contributed by atoms with E-state index in [4.69, 9.17) is 4.74 Å². The fourth-order valence-corrected chi connectivity index (χ4v) is 5.38. The second kappa shape index (κ2) is 6.75. The summed E-state index contributed by atoms with van der Waals surface area (Å²) >= 11 is 1.79. The topological polar surface area (TPSA) is 46.5 Å². The summed E-state index contributed by atoms with van der Waals surface area (Å²) in [5.74, 6) is 0.132. The predicted octanol–water partition coefficient (Wildman–Crippen LogP) is 5.80. The van der Waals surface area contributed by atoms with Gasteiger partial charge in [0.15, 0.2) is 0 Å². The third-order valence-corrected chi connectivity index (χ3v) is 6.49. The van der Waals surface area contributed by atoms with Crippen molar-refractivity contribution in [1.29, 1.82) is 0 Å². The van der Waals surface area contributed by atoms with Gasteiger partial charge in [-0.2, -0.15) is 0 Å². The van der Waals surface area contributed by atoms with Gasteiger partial charge in [0.2, 0.25) is 0 Å². The molecule has 4 heteroatoms. The molecule has 0 saturated carbocycles. The third-order valence-electron chi connectivity index (χ3n) is 5.43. The highest BCUT2D eigenvalue weighted by molar-refractivity contribution is 7.99. The van der Waals surface area contributed by atoms with Crippen LogP contribution in [0.3, 0.4) is 0 Å². The van der Waals surface area contributed by atoms with Crippen LogP contribution in [0.5, 0.6) is 0 Å². The van der Waals surface area contributed by atoms with Crippen molar-refractivity contribution in [3.63, 3.8) is 0 Å². The van der Waals surface area contributed by atoms with Crippen LogP contribution in [0.15, 0.2) is 58.0 Å². The lowest BCUT2D eigenvalue weighted by atomic mass is 9.89. The molecule has 140 valence electrons. The molecule has 0 saturated heterocycles. The number of hydrogen-bond donors (Lipinski definition) is 1. The summed E-state index contributed by atoms with van der Waals surface area (Å²) in [5, 5.41) is 9.94. The van der Waals surface area contributed by atoms with E-state index in [9.17, 15) is 9.90 Å². The minimum absolute atomic E-state index is 0.110. The maximum absolute atomic E-state index is 11.8. The van der Waals surface area contributed by atoms with E-state index in [1.54, 1.807) is 11.8 Å². The number of ether oxygens (including phenoxy) is 1. The minimum Gasteiger partial charge on any atom is -0.512 e. The summed E-state index contributed by atoms with van der Waals surface area (Å²) < 4.78 is 5.67. The molecule has 2 aliphatic rings. The molecule has 4 rings (SSSR count). The number of rotatable bonds is 3. The highest BCUT2D eigenvalue weighted by Gasteiger charge is 2.45. The van der Waals surface area contributed by atoms with Crippen molar-refractivity contribution >= 4 is 17.7 Å². The van der Waals surface area contributed by atoms with Crippen LogP contribution in [-0.4, -0.2) is 11.1 Å². The lowest BCUT2D eigenvalue weighted by Gasteiger charge is -2.32. The molecule has 1 aliphatic carbocycles. The molecule has 0 bridgehead atoms. The molecule has 1 aliphatic heterocycles. The summed E-state index contributed by atoms with van der Waals surface area (Å²) in [4.78, 5) is 14.3. The molecular formula is C23H24O3S. The highest BCUT2D eigenvalue weighted by Crippen LogP contribution is 2.47. The van der Waals surface area contributed by atoms with Crippen LogP contribution in [-0.2, 0) is 21.6 Å². The van der Waals surface area contributed by atoms with Crippen molar-refractivity contribution in [3.05, 3.63) is 70.5 Å². The van der Waals surface area contributed by atoms with Gasteiger partial charge in [-0.1, -0.05) is 43.8 Å². The molecular weight excluding hydrogens is 356 g/mol. The molecule has 1 heterocycles. The van der Waals surface area contributed by atoms with Crippen molar-refractivity contribution in [2.24, 2.45) is 0 Å². The Bertz CT molecular complexity index is 945. The maximum atomic E-state index is 11.8. The lowest BCUT2D eigenvalue weighted by molar-refractivity contribution is -0.158. The average molecular weight is 381 g/mol. The van der Waals surface area contributed by atoms with Gasteiger partial charge in [-0.25, -0.2) is 4.79 Å². The van der Waals surface area contributed by atoms with Crippen LogP contribution in [0.25, 0.3) is 0 Å². The van der Waals surface area contributed by atoms with Crippen LogP contribution < -0.4 is 0 Å². The van der Waals surface area contributed by atoms with Crippen molar-refractivity contribution in [2.75, 3.05) is 0 Å². The number of carbonyl (C=O) groups excluding carboxylic acids is 1. The SMILES string of the molecule is Cc1ccc(C(C)C)c(Sc2ccc3c(c2)CCC32CC(O)=CC(=O)O2)c1. The summed E-state index contributed by atoms with van der Waals surface area (Å²) in [7, 11) is 0. The monoisotopic (exact) mass is 380 g/mol. The smallest absolute Gasteiger partial charge is 0.335 e. The van der Waals surface area contributed by atoms with E-state index in [0.717, 1.165) is 18.4 Å². The number of fused-ring (bicyclic) bond motifs is 2. The first-order chi connectivity index (χ1) is 12.9. The van der Waals surface area contributed by atoms with E-state index < -0.39 is 11.6 Å². The van der Waals surface area contributed by atoms with E-state index >= 15 is 0 Å². The summed E-state index contributed by atoms with van der Waals surface area (Å²) in [6.45, 7) is 6.56. The van der Waals surface area contributed by atoms with Crippen molar-refractivity contribution in [1.82, 2.24) is 0 Å². The van der Waals surface area contributed by atoms with Crippen LogP contribution in [0.2, 0.25) is 0 Å². The highest BCUT2D eigenvalue weighted by atomic mass is 32.2. The molecule has 27 heavy (non-hydrogen) atoms. The second-order valence-electron chi connectivity index (χ2n) is 7.84. The van der Waals surface area contributed by atoms with Gasteiger partial charge in [-0.15, -0.1) is 0 Å². The molecule has 0 fully saturated rings. The zero-order valence-corrected chi connectivity index (χ0v) is 16.7. The van der Waals surface area contributed by atoms with Crippen molar-refractivity contribution < 1.29 is 14.6 Å². The molecule has 1 N–H and O–H groups in total. The summed E-state index contributed by atoms with van der Waals surface area (Å²) in [6.07, 6.45) is 3.13. The van der Waals surface area contributed by atoms with Gasteiger partial charge < -0.3 is 9.84 Å². The molecule has 1 unspecified atom stereocenters. The largest absolute Gasteiger partial charge is 0.512 e. The summed E-state index contributed by atoms with van der Waals surface area (Å²) in [5.41, 5.74) is 4.17. The Morgan fingerprint density at radius 3 is 2.74 bits per heavy atom. The van der Waals surface area contributed by atoms with Gasteiger partial charge in [-0.3, -0.25) is 0 Å². The third kappa shape index (κ3) is 3.39. The Labute approximate surface area is 164 Å². The Hall–Kier alpha value is -2.20. The van der Waals surface area contributed by atoms with Crippen molar-refractivity contribution in [2.45, 2.75) is 61.3 Å². The van der Waals surface area contributed by atoms with Gasteiger partial charge in [-0.05, 0) is 66.1 Å². The number of hydrogen-bond acceptors (Lipinski definition) is 4. The van der Waals surface area contributed by atoms with E-state index in [-0.39, 0.29) is 5.76 Å². The Kier molecular flexibility index (Phi) is 4.55. The van der Waals surface area contributed by atoms with E-state index in [0.29, 0.717) is 12.3 Å². The molecule has 0 radical (unpaired) electrons. The quantitative estimate of drug-likeness (QED) is 0.684. The van der Waals surface area contributed by atoms with Gasteiger partial charge in [0.05, 0.1) is 6.08 Å². The number of aliphatic hydroxyl groups is 1. The normalized spacial score (nSPS) is 21.3. The lowest BCUT2D eigenvalue weighted by Crippen LogP contribution is -2.33. The second-order valence-corrected chi connectivity index (χ2v) is 8.96.